The fourth-order valence-corrected chi connectivity index (χ4v) is 4.40. The van der Waals surface area contributed by atoms with E-state index in [9.17, 15) is 4.79 Å². The molecule has 0 saturated heterocycles. The van der Waals surface area contributed by atoms with Crippen LogP contribution in [0.25, 0.3) is 0 Å². The smallest absolute Gasteiger partial charge is 0.165 e. The molecule has 1 unspecified atom stereocenters. The number of halogens is 1. The van der Waals surface area contributed by atoms with Gasteiger partial charge < -0.3 is 0 Å². The molecule has 1 aliphatic heterocycles. The first-order valence-corrected chi connectivity index (χ1v) is 8.92. The van der Waals surface area contributed by atoms with E-state index in [0.717, 1.165) is 29.5 Å². The number of rotatable bonds is 4. The molecule has 4 heteroatoms. The second-order valence-corrected chi connectivity index (χ2v) is 7.27. The van der Waals surface area contributed by atoms with Crippen molar-refractivity contribution in [2.24, 2.45) is 0 Å². The monoisotopic (exact) mass is 363 g/mol. The van der Waals surface area contributed by atoms with Gasteiger partial charge in [-0.3, -0.25) is 9.69 Å². The van der Waals surface area contributed by atoms with E-state index in [-0.39, 0.29) is 5.78 Å². The molecule has 2 aromatic rings. The summed E-state index contributed by atoms with van der Waals surface area (Å²) < 4.78 is 0.891. The van der Waals surface area contributed by atoms with Crippen molar-refractivity contribution in [3.05, 3.63) is 56.2 Å². The Bertz CT molecular complexity index is 652. The van der Waals surface area contributed by atoms with Crippen LogP contribution in [0.15, 0.2) is 40.2 Å². The average Bonchev–Trinajstić information content (AvgIpc) is 2.96. The SMILES string of the molecule is CC1c2ccsc2CCN1CCC(=O)c1ccccc1Br. The zero-order valence-corrected chi connectivity index (χ0v) is 14.4. The molecule has 0 N–H and O–H groups in total. The Morgan fingerprint density at radius 2 is 2.19 bits per heavy atom. The van der Waals surface area contributed by atoms with E-state index in [2.05, 4.69) is 39.2 Å². The summed E-state index contributed by atoms with van der Waals surface area (Å²) in [5.41, 5.74) is 2.23. The molecule has 0 amide bonds. The lowest BCUT2D eigenvalue weighted by atomic mass is 10.0. The molecule has 2 heterocycles. The van der Waals surface area contributed by atoms with Gasteiger partial charge in [0.2, 0.25) is 0 Å². The predicted octanol–water partition coefficient (Wildman–Crippen LogP) is 4.70. The molecule has 0 fully saturated rings. The van der Waals surface area contributed by atoms with Gasteiger partial charge in [-0.25, -0.2) is 0 Å². The van der Waals surface area contributed by atoms with Gasteiger partial charge in [-0.05, 0) is 36.4 Å². The summed E-state index contributed by atoms with van der Waals surface area (Å²) in [5.74, 6) is 0.214. The second-order valence-electron chi connectivity index (χ2n) is 5.41. The molecule has 3 rings (SSSR count). The number of benzene rings is 1. The Morgan fingerprint density at radius 3 is 3.00 bits per heavy atom. The number of carbonyl (C=O) groups is 1. The highest BCUT2D eigenvalue weighted by molar-refractivity contribution is 9.10. The molecule has 110 valence electrons. The predicted molar refractivity (Wildman–Crippen MR) is 91.1 cm³/mol. The lowest BCUT2D eigenvalue weighted by Gasteiger charge is -2.33. The summed E-state index contributed by atoms with van der Waals surface area (Å²) in [6.45, 7) is 4.13. The molecule has 0 bridgehead atoms. The number of Topliss-reactive ketones (excluding diaryl/α,β-unsaturated/α-hetero) is 1. The highest BCUT2D eigenvalue weighted by Gasteiger charge is 2.25. The van der Waals surface area contributed by atoms with Gasteiger partial charge in [0.25, 0.3) is 0 Å². The van der Waals surface area contributed by atoms with E-state index in [1.54, 1.807) is 0 Å². The van der Waals surface area contributed by atoms with Gasteiger partial charge in [-0.1, -0.05) is 34.1 Å². The van der Waals surface area contributed by atoms with Crippen molar-refractivity contribution in [1.82, 2.24) is 4.90 Å². The fourth-order valence-electron chi connectivity index (χ4n) is 2.93. The van der Waals surface area contributed by atoms with Crippen LogP contribution in [0.2, 0.25) is 0 Å². The van der Waals surface area contributed by atoms with Gasteiger partial charge in [0.05, 0.1) is 0 Å². The molecule has 0 saturated carbocycles. The highest BCUT2D eigenvalue weighted by Crippen LogP contribution is 2.32. The maximum absolute atomic E-state index is 12.4. The maximum Gasteiger partial charge on any atom is 0.165 e. The van der Waals surface area contributed by atoms with Crippen molar-refractivity contribution in [1.29, 1.82) is 0 Å². The van der Waals surface area contributed by atoms with Gasteiger partial charge in [0, 0.05) is 40.5 Å². The minimum atomic E-state index is 0.214. The zero-order valence-electron chi connectivity index (χ0n) is 12.0. The third kappa shape index (κ3) is 3.12. The first-order valence-electron chi connectivity index (χ1n) is 7.25. The molecule has 1 aliphatic rings. The maximum atomic E-state index is 12.4. The van der Waals surface area contributed by atoms with Crippen LogP contribution in [-0.2, 0) is 6.42 Å². The van der Waals surface area contributed by atoms with Crippen LogP contribution >= 0.6 is 27.3 Å². The number of thiophene rings is 1. The van der Waals surface area contributed by atoms with Crippen LogP contribution in [0.1, 0.15) is 40.2 Å². The number of fused-ring (bicyclic) bond motifs is 1. The van der Waals surface area contributed by atoms with E-state index in [1.807, 2.05) is 35.6 Å². The van der Waals surface area contributed by atoms with Crippen molar-refractivity contribution in [3.8, 4) is 0 Å². The zero-order chi connectivity index (χ0) is 14.8. The molecular weight excluding hydrogens is 346 g/mol. The molecule has 1 aromatic carbocycles. The van der Waals surface area contributed by atoms with Crippen LogP contribution in [0.5, 0.6) is 0 Å². The van der Waals surface area contributed by atoms with E-state index in [4.69, 9.17) is 0 Å². The van der Waals surface area contributed by atoms with Crippen LogP contribution in [0, 0.1) is 0 Å². The molecule has 0 spiro atoms. The second kappa shape index (κ2) is 6.42. The lowest BCUT2D eigenvalue weighted by molar-refractivity contribution is 0.0949. The Hall–Kier alpha value is -0.970. The number of ketones is 1. The minimum Gasteiger partial charge on any atom is -0.296 e. The van der Waals surface area contributed by atoms with Crippen molar-refractivity contribution in [3.63, 3.8) is 0 Å². The molecule has 0 aliphatic carbocycles. The van der Waals surface area contributed by atoms with Gasteiger partial charge in [0.1, 0.15) is 0 Å². The Balaban J connectivity index is 1.64. The third-order valence-corrected chi connectivity index (χ3v) is 5.89. The quantitative estimate of drug-likeness (QED) is 0.733. The van der Waals surface area contributed by atoms with Crippen LogP contribution in [0.4, 0.5) is 0 Å². The van der Waals surface area contributed by atoms with Gasteiger partial charge in [-0.15, -0.1) is 11.3 Å². The van der Waals surface area contributed by atoms with E-state index >= 15 is 0 Å². The summed E-state index contributed by atoms with van der Waals surface area (Å²) in [6, 6.07) is 10.3. The van der Waals surface area contributed by atoms with Crippen molar-refractivity contribution in [2.45, 2.75) is 25.8 Å². The first kappa shape index (κ1) is 14.9. The van der Waals surface area contributed by atoms with Gasteiger partial charge >= 0.3 is 0 Å². The minimum absolute atomic E-state index is 0.214. The fraction of sp³-hybridized carbons (Fsp3) is 0.353. The number of hydrogen-bond acceptors (Lipinski definition) is 3. The highest BCUT2D eigenvalue weighted by atomic mass is 79.9. The van der Waals surface area contributed by atoms with Crippen LogP contribution in [-0.4, -0.2) is 23.8 Å². The first-order chi connectivity index (χ1) is 10.2. The molecule has 1 aromatic heterocycles. The average molecular weight is 364 g/mol. The summed E-state index contributed by atoms with van der Waals surface area (Å²) >= 11 is 5.31. The largest absolute Gasteiger partial charge is 0.296 e. The summed E-state index contributed by atoms with van der Waals surface area (Å²) in [6.07, 6.45) is 1.69. The molecule has 1 atom stereocenters. The standard InChI is InChI=1S/C17H18BrNOS/c1-12-13-8-11-21-17(13)7-10-19(12)9-6-16(20)14-4-2-3-5-15(14)18/h2-5,8,11-12H,6-7,9-10H2,1H3. The normalized spacial score (nSPS) is 18.5. The van der Waals surface area contributed by atoms with E-state index < -0.39 is 0 Å². The summed E-state index contributed by atoms with van der Waals surface area (Å²) in [4.78, 5) is 16.3. The Morgan fingerprint density at radius 1 is 1.38 bits per heavy atom. The summed E-state index contributed by atoms with van der Waals surface area (Å²) in [5, 5.41) is 2.18. The lowest BCUT2D eigenvalue weighted by Crippen LogP contribution is -2.34. The van der Waals surface area contributed by atoms with E-state index in [1.165, 1.54) is 10.4 Å². The number of nitrogens with zero attached hydrogens (tertiary/aromatic N) is 1. The van der Waals surface area contributed by atoms with Gasteiger partial charge in [-0.2, -0.15) is 0 Å². The Labute approximate surface area is 137 Å². The van der Waals surface area contributed by atoms with Crippen molar-refractivity contribution in [2.75, 3.05) is 13.1 Å². The van der Waals surface area contributed by atoms with Crippen LogP contribution < -0.4 is 0 Å². The summed E-state index contributed by atoms with van der Waals surface area (Å²) in [7, 11) is 0. The molecule has 0 radical (unpaired) electrons. The number of carbonyl (C=O) groups excluding carboxylic acids is 1. The Kier molecular flexibility index (Phi) is 4.57. The van der Waals surface area contributed by atoms with Crippen molar-refractivity contribution < 1.29 is 4.79 Å². The van der Waals surface area contributed by atoms with Crippen molar-refractivity contribution >= 4 is 33.0 Å². The van der Waals surface area contributed by atoms with Crippen LogP contribution in [0.3, 0.4) is 0 Å². The van der Waals surface area contributed by atoms with Gasteiger partial charge in [0.15, 0.2) is 5.78 Å². The number of hydrogen-bond donors (Lipinski definition) is 0. The van der Waals surface area contributed by atoms with E-state index in [0.29, 0.717) is 12.5 Å². The molecular formula is C17H18BrNOS. The third-order valence-electron chi connectivity index (χ3n) is 4.20. The molecule has 21 heavy (non-hydrogen) atoms. The molecule has 2 nitrogen and oxygen atoms in total. The topological polar surface area (TPSA) is 20.3 Å².